The Hall–Kier alpha value is -2.14. The third-order valence-electron chi connectivity index (χ3n) is 6.83. The average molecular weight is 558 g/mol. The summed E-state index contributed by atoms with van der Waals surface area (Å²) in [5.74, 6) is 0.387. The first kappa shape index (κ1) is 28.9. The Morgan fingerprint density at radius 1 is 1.16 bits per heavy atom. The second kappa shape index (κ2) is 11.5. The van der Waals surface area contributed by atoms with Crippen molar-refractivity contribution in [3.05, 3.63) is 42.5 Å². The molecule has 0 saturated carbocycles. The van der Waals surface area contributed by atoms with Crippen molar-refractivity contribution < 1.29 is 13.2 Å². The number of hydrogen-bond acceptors (Lipinski definition) is 6. The maximum absolute atomic E-state index is 13.0. The number of fused-ring (bicyclic) bond motifs is 1. The third-order valence-corrected chi connectivity index (χ3v) is 10.9. The number of sulfonamides is 1. The molecule has 0 N–H and O–H groups in total. The topological polar surface area (TPSA) is 90.2 Å². The maximum Gasteiger partial charge on any atom is 0.214 e. The number of nitrogens with zero attached hydrogens (tertiary/aromatic N) is 5. The molecule has 3 aromatic rings. The predicted molar refractivity (Wildman–Crippen MR) is 156 cm³/mol. The van der Waals surface area contributed by atoms with Crippen molar-refractivity contribution in [2.75, 3.05) is 25.4 Å². The molecule has 3 aromatic heterocycles. The van der Waals surface area contributed by atoms with Gasteiger partial charge in [-0.15, -0.1) is 0 Å². The van der Waals surface area contributed by atoms with Gasteiger partial charge in [0.2, 0.25) is 10.0 Å². The van der Waals surface area contributed by atoms with Crippen molar-refractivity contribution in [2.45, 2.75) is 72.4 Å². The highest BCUT2D eigenvalue weighted by molar-refractivity contribution is 7.89. The summed E-state index contributed by atoms with van der Waals surface area (Å²) in [6, 6.07) is 7.06. The average Bonchev–Trinajstić information content (AvgIpc) is 3.22. The molecule has 0 spiro atoms. The zero-order valence-electron chi connectivity index (χ0n) is 23.8. The molecule has 1 fully saturated rings. The highest BCUT2D eigenvalue weighted by Gasteiger charge is 2.32. The summed E-state index contributed by atoms with van der Waals surface area (Å²) in [7, 11) is -4.41. The van der Waals surface area contributed by atoms with Crippen LogP contribution in [0, 0.1) is 11.3 Å². The molecule has 4 rings (SSSR count). The molecular formula is C28H43N5O3SSi. The molecule has 1 saturated heterocycles. The zero-order valence-corrected chi connectivity index (χ0v) is 25.6. The van der Waals surface area contributed by atoms with Crippen LogP contribution >= 0.6 is 0 Å². The fourth-order valence-electron chi connectivity index (χ4n) is 4.93. The van der Waals surface area contributed by atoms with Gasteiger partial charge in [-0.1, -0.05) is 40.4 Å². The van der Waals surface area contributed by atoms with Gasteiger partial charge in [0.05, 0.1) is 23.3 Å². The molecule has 1 atom stereocenters. The van der Waals surface area contributed by atoms with Crippen LogP contribution in [0.2, 0.25) is 25.7 Å². The minimum atomic E-state index is -3.29. The summed E-state index contributed by atoms with van der Waals surface area (Å²) in [5, 5.41) is 0. The van der Waals surface area contributed by atoms with E-state index in [1.165, 1.54) is 0 Å². The van der Waals surface area contributed by atoms with E-state index in [1.54, 1.807) is 10.5 Å². The Kier molecular flexibility index (Phi) is 8.76. The quantitative estimate of drug-likeness (QED) is 0.244. The first-order valence-electron chi connectivity index (χ1n) is 13.6. The summed E-state index contributed by atoms with van der Waals surface area (Å²) >= 11 is 0. The molecule has 208 valence electrons. The van der Waals surface area contributed by atoms with Gasteiger partial charge in [0, 0.05) is 45.7 Å². The van der Waals surface area contributed by atoms with Crippen molar-refractivity contribution in [3.63, 3.8) is 0 Å². The highest BCUT2D eigenvalue weighted by Crippen LogP contribution is 2.29. The van der Waals surface area contributed by atoms with E-state index >= 15 is 0 Å². The summed E-state index contributed by atoms with van der Waals surface area (Å²) in [6.07, 6.45) is 8.15. The number of rotatable bonds is 10. The smallest absolute Gasteiger partial charge is 0.214 e. The molecule has 10 heteroatoms. The molecule has 8 nitrogen and oxygen atoms in total. The number of hydrogen-bond donors (Lipinski definition) is 0. The molecule has 0 aromatic carbocycles. The number of pyridine rings is 1. The Morgan fingerprint density at radius 2 is 1.95 bits per heavy atom. The zero-order chi connectivity index (χ0) is 27.6. The van der Waals surface area contributed by atoms with Gasteiger partial charge in [-0.2, -0.15) is 0 Å². The van der Waals surface area contributed by atoms with Crippen LogP contribution in [0.25, 0.3) is 22.4 Å². The third kappa shape index (κ3) is 7.71. The minimum absolute atomic E-state index is 0.167. The van der Waals surface area contributed by atoms with Crippen LogP contribution in [-0.4, -0.2) is 65.8 Å². The van der Waals surface area contributed by atoms with Gasteiger partial charge in [-0.05, 0) is 54.8 Å². The maximum atomic E-state index is 13.0. The minimum Gasteiger partial charge on any atom is -0.361 e. The van der Waals surface area contributed by atoms with Crippen molar-refractivity contribution in [2.24, 2.45) is 11.3 Å². The molecule has 0 amide bonds. The molecule has 4 heterocycles. The lowest BCUT2D eigenvalue weighted by Gasteiger charge is -2.34. The van der Waals surface area contributed by atoms with Gasteiger partial charge in [0.15, 0.2) is 5.65 Å². The second-order valence-corrected chi connectivity index (χ2v) is 20.6. The van der Waals surface area contributed by atoms with Gasteiger partial charge in [0.25, 0.3) is 0 Å². The van der Waals surface area contributed by atoms with E-state index in [0.29, 0.717) is 26.2 Å². The monoisotopic (exact) mass is 557 g/mol. The lowest BCUT2D eigenvalue weighted by Crippen LogP contribution is -2.43. The van der Waals surface area contributed by atoms with Crippen molar-refractivity contribution in [1.82, 2.24) is 23.8 Å². The molecule has 0 unspecified atom stereocenters. The predicted octanol–water partition coefficient (Wildman–Crippen LogP) is 5.44. The van der Waals surface area contributed by atoms with Gasteiger partial charge in [-0.25, -0.2) is 22.7 Å². The Labute approximate surface area is 228 Å². The van der Waals surface area contributed by atoms with Crippen LogP contribution < -0.4 is 0 Å². The molecule has 1 aliphatic rings. The standard InChI is InChI=1S/C28H43N5O3SSi/c1-28(2,3)20-37(34,35)33-13-8-9-22(19-33)17-25-23(10-7-12-29-25)26-18-30-27-24(31-26)11-14-32(27)21-36-15-16-38(4,5)6/h7,10-12,14,18,22H,8-9,13,15-17,19-21H2,1-6H3/t22-/m1/s1. The van der Waals surface area contributed by atoms with Gasteiger partial charge < -0.3 is 9.30 Å². The summed E-state index contributed by atoms with van der Waals surface area (Å²) < 4.78 is 35.6. The van der Waals surface area contributed by atoms with Gasteiger partial charge in [0.1, 0.15) is 12.2 Å². The van der Waals surface area contributed by atoms with Crippen molar-refractivity contribution >= 4 is 29.3 Å². The van der Waals surface area contributed by atoms with E-state index in [9.17, 15) is 8.42 Å². The van der Waals surface area contributed by atoms with Crippen LogP contribution in [0.15, 0.2) is 36.8 Å². The van der Waals surface area contributed by atoms with E-state index in [4.69, 9.17) is 19.7 Å². The molecule has 38 heavy (non-hydrogen) atoms. The lowest BCUT2D eigenvalue weighted by atomic mass is 9.92. The van der Waals surface area contributed by atoms with Gasteiger partial charge >= 0.3 is 0 Å². The molecule has 0 bridgehead atoms. The first-order valence-corrected chi connectivity index (χ1v) is 18.9. The van der Waals surface area contributed by atoms with E-state index in [-0.39, 0.29) is 17.1 Å². The Bertz CT molecular complexity index is 1340. The molecule has 0 aliphatic carbocycles. The molecule has 1 aliphatic heterocycles. The van der Waals surface area contributed by atoms with Crippen molar-refractivity contribution in [1.29, 1.82) is 0 Å². The fourth-order valence-corrected chi connectivity index (χ4v) is 7.81. The summed E-state index contributed by atoms with van der Waals surface area (Å²) in [6.45, 7) is 15.3. The number of piperidine rings is 1. The Balaban J connectivity index is 1.47. The normalized spacial score (nSPS) is 17.8. The summed E-state index contributed by atoms with van der Waals surface area (Å²) in [5.41, 5.74) is 4.04. The largest absolute Gasteiger partial charge is 0.361 e. The molecular weight excluding hydrogens is 514 g/mol. The van der Waals surface area contributed by atoms with E-state index in [0.717, 1.165) is 53.6 Å². The van der Waals surface area contributed by atoms with Crippen LogP contribution in [0.5, 0.6) is 0 Å². The number of aromatic nitrogens is 4. The molecule has 0 radical (unpaired) electrons. The second-order valence-electron chi connectivity index (χ2n) is 13.0. The van der Waals surface area contributed by atoms with Crippen LogP contribution in [0.4, 0.5) is 0 Å². The van der Waals surface area contributed by atoms with Crippen LogP contribution in [0.1, 0.15) is 39.3 Å². The van der Waals surface area contributed by atoms with Gasteiger partial charge in [-0.3, -0.25) is 4.98 Å². The van der Waals surface area contributed by atoms with E-state index < -0.39 is 18.1 Å². The van der Waals surface area contributed by atoms with E-state index in [1.807, 2.05) is 55.9 Å². The van der Waals surface area contributed by atoms with Crippen molar-refractivity contribution in [3.8, 4) is 11.3 Å². The highest BCUT2D eigenvalue weighted by atomic mass is 32.2. The SMILES string of the molecule is CC(C)(C)CS(=O)(=O)N1CCC[C@H](Cc2ncccc2-c2cnc3c(ccn3COCC[Si](C)(C)C)n2)C1. The summed E-state index contributed by atoms with van der Waals surface area (Å²) in [4.78, 5) is 14.3. The lowest BCUT2D eigenvalue weighted by molar-refractivity contribution is 0.0899. The first-order chi connectivity index (χ1) is 17.8. The van der Waals surface area contributed by atoms with Crippen LogP contribution in [0.3, 0.4) is 0 Å². The van der Waals surface area contributed by atoms with Crippen LogP contribution in [-0.2, 0) is 27.9 Å². The fraction of sp³-hybridized carbons (Fsp3) is 0.607. The number of ether oxygens (including phenoxy) is 1. The Morgan fingerprint density at radius 3 is 2.68 bits per heavy atom. The van der Waals surface area contributed by atoms with E-state index in [2.05, 4.69) is 19.6 Å².